The lowest BCUT2D eigenvalue weighted by atomic mass is 10.1. The van der Waals surface area contributed by atoms with E-state index in [4.69, 9.17) is 26.0 Å². The van der Waals surface area contributed by atoms with E-state index in [1.807, 2.05) is 26.8 Å². The minimum Gasteiger partial charge on any atom is -0.334 e. The lowest BCUT2D eigenvalue weighted by Gasteiger charge is -2.22. The maximum atomic E-state index is 13.4. The van der Waals surface area contributed by atoms with E-state index in [0.29, 0.717) is 47.6 Å². The van der Waals surface area contributed by atoms with Crippen molar-refractivity contribution in [1.82, 2.24) is 29.9 Å². The molecule has 0 aliphatic carbocycles. The van der Waals surface area contributed by atoms with Crippen LogP contribution in [0, 0.1) is 13.8 Å². The number of benzene rings is 1. The fourth-order valence-corrected chi connectivity index (χ4v) is 3.63. The van der Waals surface area contributed by atoms with E-state index in [2.05, 4.69) is 20.2 Å². The highest BCUT2D eigenvalue weighted by atomic mass is 35.5. The largest absolute Gasteiger partial charge is 0.373 e. The van der Waals surface area contributed by atoms with Crippen molar-refractivity contribution in [2.75, 3.05) is 24.7 Å². The lowest BCUT2D eigenvalue weighted by molar-refractivity contribution is -0.191. The second-order valence-corrected chi connectivity index (χ2v) is 7.68. The van der Waals surface area contributed by atoms with E-state index in [9.17, 15) is 4.79 Å². The highest BCUT2D eigenvalue weighted by molar-refractivity contribution is 6.31. The third kappa shape index (κ3) is 5.98. The predicted molar refractivity (Wildman–Crippen MR) is 117 cm³/mol. The van der Waals surface area contributed by atoms with Gasteiger partial charge in [0.1, 0.15) is 11.9 Å². The van der Waals surface area contributed by atoms with Crippen molar-refractivity contribution in [3.63, 3.8) is 0 Å². The van der Waals surface area contributed by atoms with Crippen LogP contribution >= 0.6 is 11.6 Å². The van der Waals surface area contributed by atoms with E-state index in [1.54, 1.807) is 40.6 Å². The molecule has 1 atom stereocenters. The molecule has 33 heavy (non-hydrogen) atoms. The Hall–Kier alpha value is -3.66. The van der Waals surface area contributed by atoms with Crippen molar-refractivity contribution < 1.29 is 19.2 Å². The first kappa shape index (κ1) is 24.0. The van der Waals surface area contributed by atoms with Crippen LogP contribution in [0.3, 0.4) is 0 Å². The Kier molecular flexibility index (Phi) is 7.83. The lowest BCUT2D eigenvalue weighted by Crippen LogP contribution is -2.37. The summed E-state index contributed by atoms with van der Waals surface area (Å²) in [5, 5.41) is 10.5. The van der Waals surface area contributed by atoms with Gasteiger partial charge in [-0.1, -0.05) is 11.6 Å². The molecule has 3 heterocycles. The Morgan fingerprint density at radius 1 is 1.12 bits per heavy atom. The zero-order chi connectivity index (χ0) is 24.0. The average Bonchev–Trinajstić information content (AvgIpc) is 3.22. The van der Waals surface area contributed by atoms with Gasteiger partial charge in [0.25, 0.3) is 5.91 Å². The van der Waals surface area contributed by atoms with Gasteiger partial charge in [0.15, 0.2) is 5.82 Å². The summed E-state index contributed by atoms with van der Waals surface area (Å²) in [6.45, 7) is 7.05. The molecule has 4 rings (SSSR count). The van der Waals surface area contributed by atoms with E-state index in [1.165, 1.54) is 4.80 Å². The summed E-state index contributed by atoms with van der Waals surface area (Å²) in [6, 6.07) is 6.97. The number of nitrogens with zero attached hydrogens (tertiary/aromatic N) is 7. The van der Waals surface area contributed by atoms with Crippen LogP contribution in [0.2, 0.25) is 5.02 Å². The number of aromatic nitrogens is 5. The van der Waals surface area contributed by atoms with Gasteiger partial charge in [-0.25, -0.2) is 15.0 Å². The van der Waals surface area contributed by atoms with Gasteiger partial charge in [-0.05, 0) is 39.0 Å². The molecular formula is C21H22ClN7O4. The average molecular weight is 472 g/mol. The van der Waals surface area contributed by atoms with Crippen LogP contribution < -0.4 is 5.06 Å². The first-order valence-electron chi connectivity index (χ1n) is 10.0. The number of anilines is 1. The van der Waals surface area contributed by atoms with Crippen molar-refractivity contribution in [2.45, 2.75) is 26.9 Å². The van der Waals surface area contributed by atoms with Crippen molar-refractivity contribution >= 4 is 29.5 Å². The maximum Gasteiger partial charge on any atom is 0.373 e. The van der Waals surface area contributed by atoms with Crippen molar-refractivity contribution in [1.29, 1.82) is 0 Å². The minimum absolute atomic E-state index is 0.155. The molecule has 1 fully saturated rings. The highest BCUT2D eigenvalue weighted by Crippen LogP contribution is 2.23. The van der Waals surface area contributed by atoms with E-state index in [0.717, 1.165) is 5.69 Å². The van der Waals surface area contributed by atoms with Crippen LogP contribution in [0.1, 0.15) is 28.8 Å². The Morgan fingerprint density at radius 3 is 2.48 bits per heavy atom. The Labute approximate surface area is 194 Å². The molecule has 1 saturated heterocycles. The topological polar surface area (TPSA) is 123 Å². The number of hydrogen-bond acceptors (Lipinski definition) is 9. The fourth-order valence-electron chi connectivity index (χ4n) is 3.46. The minimum atomic E-state index is -0.225. The van der Waals surface area contributed by atoms with Gasteiger partial charge in [0, 0.05) is 29.9 Å². The molecule has 0 unspecified atom stereocenters. The zero-order valence-electron chi connectivity index (χ0n) is 18.3. The maximum absolute atomic E-state index is 13.4. The number of hydrogen-bond donors (Lipinski definition) is 0. The number of aryl methyl sites for hydroxylation is 2. The summed E-state index contributed by atoms with van der Waals surface area (Å²) in [7, 11) is 0. The predicted octanol–water partition coefficient (Wildman–Crippen LogP) is 2.03. The van der Waals surface area contributed by atoms with Gasteiger partial charge < -0.3 is 4.90 Å². The first-order valence-corrected chi connectivity index (χ1v) is 10.4. The molecular weight excluding hydrogens is 450 g/mol. The van der Waals surface area contributed by atoms with Gasteiger partial charge >= 0.3 is 6.15 Å². The molecule has 0 saturated carbocycles. The molecule has 1 aliphatic rings. The summed E-state index contributed by atoms with van der Waals surface area (Å²) in [5.74, 6) is 1.20. The van der Waals surface area contributed by atoms with Gasteiger partial charge in [0.2, 0.25) is 0 Å². The van der Waals surface area contributed by atoms with Gasteiger partial charge in [-0.3, -0.25) is 9.63 Å². The SMILES string of the molecule is Cc1cc(N2CCN(C(=O)c3cc(Cl)ccc3-n3nccn3)C[C@H](C)O2)nc(C)n1.O=C=O. The number of amides is 1. The highest BCUT2D eigenvalue weighted by Gasteiger charge is 2.28. The molecule has 2 aromatic heterocycles. The number of carbonyl (C=O) groups excluding carboxylic acids is 3. The van der Waals surface area contributed by atoms with Crippen LogP contribution in [0.15, 0.2) is 36.7 Å². The number of carbonyl (C=O) groups is 1. The number of rotatable bonds is 3. The summed E-state index contributed by atoms with van der Waals surface area (Å²) >= 11 is 6.19. The van der Waals surface area contributed by atoms with Crippen molar-refractivity contribution in [3.8, 4) is 5.69 Å². The Morgan fingerprint density at radius 2 is 1.82 bits per heavy atom. The summed E-state index contributed by atoms with van der Waals surface area (Å²) in [5.41, 5.74) is 1.88. The third-order valence-corrected chi connectivity index (χ3v) is 4.91. The molecule has 1 amide bonds. The number of hydroxylamine groups is 1. The van der Waals surface area contributed by atoms with E-state index >= 15 is 0 Å². The van der Waals surface area contributed by atoms with Gasteiger partial charge in [-0.15, -0.1) is 0 Å². The molecule has 3 aromatic rings. The quantitative estimate of drug-likeness (QED) is 0.564. The van der Waals surface area contributed by atoms with Crippen molar-refractivity contribution in [3.05, 3.63) is 58.8 Å². The van der Waals surface area contributed by atoms with E-state index < -0.39 is 0 Å². The Bertz CT molecular complexity index is 1130. The van der Waals surface area contributed by atoms with Crippen LogP contribution in [-0.2, 0) is 14.4 Å². The van der Waals surface area contributed by atoms with E-state index in [-0.39, 0.29) is 18.2 Å². The summed E-state index contributed by atoms with van der Waals surface area (Å²) in [6.07, 6.45) is 3.15. The summed E-state index contributed by atoms with van der Waals surface area (Å²) in [4.78, 5) is 47.7. The monoisotopic (exact) mass is 471 g/mol. The normalized spacial score (nSPS) is 15.8. The second-order valence-electron chi connectivity index (χ2n) is 7.25. The molecule has 0 radical (unpaired) electrons. The van der Waals surface area contributed by atoms with Gasteiger partial charge in [-0.2, -0.15) is 24.6 Å². The van der Waals surface area contributed by atoms with Crippen molar-refractivity contribution in [2.24, 2.45) is 0 Å². The smallest absolute Gasteiger partial charge is 0.334 e. The van der Waals surface area contributed by atoms with Gasteiger partial charge in [0.05, 0.1) is 30.2 Å². The van der Waals surface area contributed by atoms with Crippen LogP contribution in [-0.4, -0.2) is 67.7 Å². The van der Waals surface area contributed by atoms with Crippen LogP contribution in [0.5, 0.6) is 0 Å². The number of halogens is 1. The molecule has 0 N–H and O–H groups in total. The molecule has 1 aliphatic heterocycles. The zero-order valence-corrected chi connectivity index (χ0v) is 19.1. The third-order valence-electron chi connectivity index (χ3n) is 4.68. The van der Waals surface area contributed by atoms with Crippen LogP contribution in [0.25, 0.3) is 5.69 Å². The first-order chi connectivity index (χ1) is 15.8. The molecule has 0 spiro atoms. The molecule has 1 aromatic carbocycles. The standard InChI is InChI=1S/C20H22ClN7O2.CO2/c1-13-10-19(25-15(3)24-13)27-9-8-26(12-14(2)30-27)20(29)17-11-16(21)4-5-18(17)28-22-6-7-23-28;2-1-3/h4-7,10-11,14H,8-9,12H2,1-3H3;/t14-;/m0./s1. The molecule has 0 bridgehead atoms. The molecule has 172 valence electrons. The molecule has 11 nitrogen and oxygen atoms in total. The molecule has 12 heteroatoms. The second kappa shape index (κ2) is 10.8. The van der Waals surface area contributed by atoms with Crippen LogP contribution in [0.4, 0.5) is 5.82 Å². The Balaban J connectivity index is 0.000000968. The summed E-state index contributed by atoms with van der Waals surface area (Å²) < 4.78 is 0. The fraction of sp³-hybridized carbons (Fsp3) is 0.333.